The Morgan fingerprint density at radius 3 is 2.35 bits per heavy atom. The molecular weight excluding hydrogens is 501 g/mol. The van der Waals surface area contributed by atoms with Crippen molar-refractivity contribution in [1.82, 2.24) is 0 Å². The van der Waals surface area contributed by atoms with Crippen molar-refractivity contribution in [1.29, 1.82) is 0 Å². The van der Waals surface area contributed by atoms with Crippen LogP contribution in [0.3, 0.4) is 0 Å². The van der Waals surface area contributed by atoms with Gasteiger partial charge in [0.2, 0.25) is 0 Å². The number of alkyl halides is 1. The highest BCUT2D eigenvalue weighted by Crippen LogP contribution is 2.35. The summed E-state index contributed by atoms with van der Waals surface area (Å²) in [5.41, 5.74) is -1.03. The second-order valence-corrected chi connectivity index (χ2v) is 9.50. The molecule has 0 bridgehead atoms. The van der Waals surface area contributed by atoms with Crippen molar-refractivity contribution in [2.45, 2.75) is 24.0 Å². The van der Waals surface area contributed by atoms with E-state index in [1.165, 1.54) is 6.08 Å². The van der Waals surface area contributed by atoms with Crippen molar-refractivity contribution in [2.24, 2.45) is 0 Å². The van der Waals surface area contributed by atoms with Gasteiger partial charge in [0, 0.05) is 12.5 Å². The van der Waals surface area contributed by atoms with E-state index in [1.807, 2.05) is 4.72 Å². The zero-order chi connectivity index (χ0) is 22.9. The highest BCUT2D eigenvalue weighted by molar-refractivity contribution is 7.96. The average Bonchev–Trinajstić information content (AvgIpc) is 2.68. The molecule has 0 fully saturated rings. The Hall–Kier alpha value is -1.98. The summed E-state index contributed by atoms with van der Waals surface area (Å²) in [5, 5.41) is 9.70. The molecule has 0 spiro atoms. The highest BCUT2D eigenvalue weighted by atomic mass is 35.5. The number of hydrogen-bond acceptors (Lipinski definition) is 5. The SMILES string of the molecule is O=[N+]([O-])C1=CCC(OC2C(Cl)=CC(S(=O)(=O)Nc3c(F)cccc3F)=CC2Cl)C(Cl)=C1. The summed E-state index contributed by atoms with van der Waals surface area (Å²) in [6, 6.07) is 2.88. The zero-order valence-corrected chi connectivity index (χ0v) is 18.4. The van der Waals surface area contributed by atoms with Gasteiger partial charge in [0.25, 0.3) is 15.7 Å². The van der Waals surface area contributed by atoms with Crippen LogP contribution in [0.15, 0.2) is 63.2 Å². The Kier molecular flexibility index (Phi) is 7.07. The molecule has 3 atom stereocenters. The Balaban J connectivity index is 1.77. The highest BCUT2D eigenvalue weighted by Gasteiger charge is 2.34. The van der Waals surface area contributed by atoms with Crippen molar-refractivity contribution in [3.8, 4) is 0 Å². The molecule has 0 amide bonds. The molecule has 3 rings (SSSR count). The first-order valence-electron chi connectivity index (χ1n) is 8.56. The van der Waals surface area contributed by atoms with E-state index >= 15 is 0 Å². The van der Waals surface area contributed by atoms with Crippen LogP contribution in [0.25, 0.3) is 0 Å². The number of hydrogen-bond donors (Lipinski definition) is 1. The molecule has 2 aliphatic rings. The molecule has 1 aromatic rings. The van der Waals surface area contributed by atoms with Crippen LogP contribution in [0.2, 0.25) is 0 Å². The number of ether oxygens (including phenoxy) is 1. The van der Waals surface area contributed by atoms with Crippen LogP contribution in [0.1, 0.15) is 6.42 Å². The van der Waals surface area contributed by atoms with Gasteiger partial charge >= 0.3 is 0 Å². The lowest BCUT2D eigenvalue weighted by atomic mass is 10.1. The molecule has 13 heteroatoms. The van der Waals surface area contributed by atoms with Crippen LogP contribution >= 0.6 is 34.8 Å². The molecule has 166 valence electrons. The summed E-state index contributed by atoms with van der Waals surface area (Å²) in [6.45, 7) is 0. The number of anilines is 1. The number of para-hydroxylation sites is 1. The predicted molar refractivity (Wildman–Crippen MR) is 113 cm³/mol. The van der Waals surface area contributed by atoms with Crippen LogP contribution in [0, 0.1) is 21.7 Å². The second-order valence-electron chi connectivity index (χ2n) is 6.44. The molecule has 0 aromatic heterocycles. The van der Waals surface area contributed by atoms with Gasteiger partial charge in [-0.3, -0.25) is 14.8 Å². The van der Waals surface area contributed by atoms with Gasteiger partial charge in [-0.1, -0.05) is 29.3 Å². The Labute approximate surface area is 190 Å². The molecule has 1 aromatic carbocycles. The van der Waals surface area contributed by atoms with E-state index in [4.69, 9.17) is 39.5 Å². The Morgan fingerprint density at radius 2 is 1.81 bits per heavy atom. The standard InChI is InChI=1S/C18H13Cl3F2N2O5S/c19-11-6-9(25(26)27)4-5-16(11)30-18-12(20)7-10(8-13(18)21)31(28,29)24-17-14(22)2-1-3-15(17)23/h1-4,6-8,12,16,18,24H,5H2. The third-order valence-electron chi connectivity index (χ3n) is 4.33. The van der Waals surface area contributed by atoms with Crippen LogP contribution in [-0.2, 0) is 14.8 Å². The van der Waals surface area contributed by atoms with Crippen molar-refractivity contribution < 1.29 is 26.9 Å². The fraction of sp³-hybridized carbons (Fsp3) is 0.222. The maximum Gasteiger partial charge on any atom is 0.266 e. The van der Waals surface area contributed by atoms with Gasteiger partial charge in [0.1, 0.15) is 23.4 Å². The molecule has 3 unspecified atom stereocenters. The topological polar surface area (TPSA) is 98.5 Å². The molecule has 1 N–H and O–H groups in total. The van der Waals surface area contributed by atoms with Gasteiger partial charge in [-0.2, -0.15) is 0 Å². The van der Waals surface area contributed by atoms with Gasteiger partial charge in [0.15, 0.2) is 0 Å². The second kappa shape index (κ2) is 9.25. The number of halogens is 5. The number of nitro groups is 1. The van der Waals surface area contributed by atoms with E-state index in [1.54, 1.807) is 0 Å². The maximum absolute atomic E-state index is 13.8. The minimum atomic E-state index is -4.42. The molecule has 2 aliphatic carbocycles. The summed E-state index contributed by atoms with van der Waals surface area (Å²) in [6.07, 6.45) is 2.87. The summed E-state index contributed by atoms with van der Waals surface area (Å²) in [5.74, 6) is -2.20. The summed E-state index contributed by atoms with van der Waals surface area (Å²) >= 11 is 18.5. The summed E-state index contributed by atoms with van der Waals surface area (Å²) < 4.78 is 60.3. The van der Waals surface area contributed by atoms with Crippen molar-refractivity contribution in [2.75, 3.05) is 4.72 Å². The van der Waals surface area contributed by atoms with E-state index in [9.17, 15) is 27.3 Å². The fourth-order valence-corrected chi connectivity index (χ4v) is 5.10. The lowest BCUT2D eigenvalue weighted by Crippen LogP contribution is -2.33. The maximum atomic E-state index is 13.8. The monoisotopic (exact) mass is 512 g/mol. The molecule has 0 aliphatic heterocycles. The Bertz CT molecular complexity index is 1130. The van der Waals surface area contributed by atoms with Gasteiger partial charge in [0.05, 0.1) is 31.4 Å². The Morgan fingerprint density at radius 1 is 1.16 bits per heavy atom. The molecule has 0 heterocycles. The molecule has 31 heavy (non-hydrogen) atoms. The summed E-state index contributed by atoms with van der Waals surface area (Å²) in [7, 11) is -4.42. The molecule has 7 nitrogen and oxygen atoms in total. The normalized spacial score (nSPS) is 24.0. The minimum Gasteiger partial charge on any atom is -0.362 e. The zero-order valence-electron chi connectivity index (χ0n) is 15.3. The predicted octanol–water partition coefficient (Wildman–Crippen LogP) is 4.77. The number of rotatable bonds is 6. The third-order valence-corrected chi connectivity index (χ3v) is 6.71. The van der Waals surface area contributed by atoms with Crippen LogP contribution in [0.5, 0.6) is 0 Å². The number of nitrogens with zero attached hydrogens (tertiary/aromatic N) is 1. The van der Waals surface area contributed by atoms with Crippen molar-refractivity contribution in [3.05, 3.63) is 84.9 Å². The first kappa shape index (κ1) is 23.7. The number of allylic oxidation sites excluding steroid dienone is 2. The van der Waals surface area contributed by atoms with E-state index in [2.05, 4.69) is 0 Å². The van der Waals surface area contributed by atoms with Gasteiger partial charge in [-0.15, -0.1) is 11.6 Å². The number of benzene rings is 1. The summed E-state index contributed by atoms with van der Waals surface area (Å²) in [4.78, 5) is 9.82. The van der Waals surface area contributed by atoms with Gasteiger partial charge < -0.3 is 4.74 Å². The van der Waals surface area contributed by atoms with Crippen molar-refractivity contribution >= 4 is 50.5 Å². The van der Waals surface area contributed by atoms with Gasteiger partial charge in [-0.05, 0) is 30.4 Å². The van der Waals surface area contributed by atoms with Crippen LogP contribution in [-0.4, -0.2) is 30.9 Å². The molecular formula is C18H13Cl3F2N2O5S. The van der Waals surface area contributed by atoms with E-state index in [0.717, 1.165) is 36.4 Å². The third kappa shape index (κ3) is 5.27. The first-order chi connectivity index (χ1) is 14.5. The first-order valence-corrected chi connectivity index (χ1v) is 11.2. The average molecular weight is 514 g/mol. The molecule has 0 saturated heterocycles. The minimum absolute atomic E-state index is 0.0571. The lowest BCUT2D eigenvalue weighted by Gasteiger charge is -2.29. The van der Waals surface area contributed by atoms with E-state index in [0.29, 0.717) is 0 Å². The number of nitrogens with one attached hydrogen (secondary N) is 1. The lowest BCUT2D eigenvalue weighted by molar-refractivity contribution is -0.419. The number of sulfonamides is 1. The largest absolute Gasteiger partial charge is 0.362 e. The smallest absolute Gasteiger partial charge is 0.266 e. The van der Waals surface area contributed by atoms with Crippen LogP contribution < -0.4 is 4.72 Å². The quantitative estimate of drug-likeness (QED) is 0.335. The van der Waals surface area contributed by atoms with E-state index in [-0.39, 0.29) is 22.2 Å². The fourth-order valence-electron chi connectivity index (χ4n) is 2.82. The van der Waals surface area contributed by atoms with Crippen molar-refractivity contribution in [3.63, 3.8) is 0 Å². The van der Waals surface area contributed by atoms with Gasteiger partial charge in [-0.25, -0.2) is 17.2 Å². The molecule has 0 saturated carbocycles. The van der Waals surface area contributed by atoms with Crippen LogP contribution in [0.4, 0.5) is 14.5 Å². The van der Waals surface area contributed by atoms with E-state index < -0.39 is 54.8 Å². The molecule has 0 radical (unpaired) electrons.